The maximum absolute atomic E-state index is 13.3. The van der Waals surface area contributed by atoms with E-state index < -0.39 is 0 Å². The van der Waals surface area contributed by atoms with Crippen molar-refractivity contribution in [3.8, 4) is 0 Å². The molecule has 27 heavy (non-hydrogen) atoms. The van der Waals surface area contributed by atoms with Gasteiger partial charge in [0.2, 0.25) is 5.95 Å². The summed E-state index contributed by atoms with van der Waals surface area (Å²) in [6.07, 6.45) is 6.36. The minimum atomic E-state index is -0.237. The lowest BCUT2D eigenvalue weighted by atomic mass is 10.1. The highest BCUT2D eigenvalue weighted by molar-refractivity contribution is 5.96. The molecule has 2 heterocycles. The molecule has 0 spiro atoms. The largest absolute Gasteiger partial charge is 0.333 e. The number of carbonyl (C=O) groups is 1. The number of anilines is 1. The van der Waals surface area contributed by atoms with E-state index in [9.17, 15) is 9.18 Å². The number of hydrogen-bond donors (Lipinski definition) is 0. The van der Waals surface area contributed by atoms with Crippen molar-refractivity contribution < 1.29 is 9.18 Å². The molecule has 2 aromatic rings. The first kappa shape index (κ1) is 17.9. The van der Waals surface area contributed by atoms with Crippen LogP contribution >= 0.6 is 0 Å². The van der Waals surface area contributed by atoms with Crippen LogP contribution in [0.5, 0.6) is 0 Å². The lowest BCUT2D eigenvalue weighted by molar-refractivity contribution is 0.0726. The molecular formula is C21H25FN4O. The van der Waals surface area contributed by atoms with Crippen LogP contribution in [0.2, 0.25) is 0 Å². The average molecular weight is 368 g/mol. The number of hydrogen-bond acceptors (Lipinski definition) is 4. The Hall–Kier alpha value is -2.50. The fourth-order valence-electron chi connectivity index (χ4n) is 4.01. The third kappa shape index (κ3) is 3.53. The first-order chi connectivity index (χ1) is 13.0. The van der Waals surface area contributed by atoms with Gasteiger partial charge in [-0.3, -0.25) is 4.79 Å². The van der Waals surface area contributed by atoms with Crippen molar-refractivity contribution in [2.75, 3.05) is 4.90 Å². The van der Waals surface area contributed by atoms with Gasteiger partial charge in [-0.2, -0.15) is 0 Å². The highest BCUT2D eigenvalue weighted by atomic mass is 19.1. The number of carbonyl (C=O) groups excluding carboxylic acids is 1. The highest BCUT2D eigenvalue weighted by Crippen LogP contribution is 2.30. The van der Waals surface area contributed by atoms with E-state index in [1.807, 2.05) is 18.7 Å². The zero-order valence-corrected chi connectivity index (χ0v) is 15.9. The van der Waals surface area contributed by atoms with Gasteiger partial charge in [-0.25, -0.2) is 14.4 Å². The van der Waals surface area contributed by atoms with Gasteiger partial charge in [0.15, 0.2) is 0 Å². The van der Waals surface area contributed by atoms with Crippen molar-refractivity contribution in [2.45, 2.75) is 64.7 Å². The van der Waals surface area contributed by atoms with Crippen LogP contribution in [0.3, 0.4) is 0 Å². The summed E-state index contributed by atoms with van der Waals surface area (Å²) in [7, 11) is 0. The molecular weight excluding hydrogens is 343 g/mol. The molecule has 1 saturated carbocycles. The summed E-state index contributed by atoms with van der Waals surface area (Å²) in [5.41, 5.74) is 2.43. The van der Waals surface area contributed by atoms with E-state index in [1.54, 1.807) is 18.3 Å². The third-order valence-electron chi connectivity index (χ3n) is 5.57. The Morgan fingerprint density at radius 3 is 2.59 bits per heavy atom. The summed E-state index contributed by atoms with van der Waals surface area (Å²) in [6, 6.07) is 7.06. The van der Waals surface area contributed by atoms with Crippen molar-refractivity contribution in [3.63, 3.8) is 0 Å². The van der Waals surface area contributed by atoms with Crippen LogP contribution in [-0.2, 0) is 13.1 Å². The molecule has 0 saturated heterocycles. The van der Waals surface area contributed by atoms with Crippen LogP contribution < -0.4 is 4.90 Å². The Kier molecular flexibility index (Phi) is 4.81. The number of nitrogens with zero attached hydrogens (tertiary/aromatic N) is 4. The number of halogens is 1. The summed E-state index contributed by atoms with van der Waals surface area (Å²) in [4.78, 5) is 26.0. The highest BCUT2D eigenvalue weighted by Gasteiger charge is 2.33. The van der Waals surface area contributed by atoms with Crippen molar-refractivity contribution in [1.29, 1.82) is 0 Å². The van der Waals surface area contributed by atoms with Gasteiger partial charge in [-0.1, -0.05) is 25.0 Å². The third-order valence-corrected chi connectivity index (χ3v) is 5.57. The molecule has 1 aliphatic heterocycles. The minimum Gasteiger partial charge on any atom is -0.333 e. The van der Waals surface area contributed by atoms with Crippen molar-refractivity contribution >= 4 is 11.9 Å². The average Bonchev–Trinajstić information content (AvgIpc) is 3.29. The van der Waals surface area contributed by atoms with E-state index >= 15 is 0 Å². The summed E-state index contributed by atoms with van der Waals surface area (Å²) in [6.45, 7) is 5.22. The van der Waals surface area contributed by atoms with Crippen LogP contribution in [-0.4, -0.2) is 32.9 Å². The maximum atomic E-state index is 13.3. The van der Waals surface area contributed by atoms with Gasteiger partial charge in [-0.05, 0) is 44.4 Å². The summed E-state index contributed by atoms with van der Waals surface area (Å²) in [5, 5.41) is 0. The Bertz CT molecular complexity index is 831. The van der Waals surface area contributed by atoms with Crippen LogP contribution in [0.1, 0.15) is 61.1 Å². The van der Waals surface area contributed by atoms with Gasteiger partial charge in [-0.15, -0.1) is 0 Å². The monoisotopic (exact) mass is 368 g/mol. The topological polar surface area (TPSA) is 49.3 Å². The first-order valence-electron chi connectivity index (χ1n) is 9.71. The predicted molar refractivity (Wildman–Crippen MR) is 102 cm³/mol. The number of fused-ring (bicyclic) bond motifs is 1. The van der Waals surface area contributed by atoms with Gasteiger partial charge in [0, 0.05) is 30.4 Å². The lowest BCUT2D eigenvalue weighted by Gasteiger charge is -2.29. The number of rotatable bonds is 5. The fraction of sp³-hybridized carbons (Fsp3) is 0.476. The Labute approximate surface area is 159 Å². The van der Waals surface area contributed by atoms with Crippen molar-refractivity contribution in [3.05, 3.63) is 53.1 Å². The van der Waals surface area contributed by atoms with Crippen LogP contribution in [0.4, 0.5) is 10.3 Å². The van der Waals surface area contributed by atoms with Gasteiger partial charge in [0.05, 0.1) is 6.54 Å². The van der Waals surface area contributed by atoms with Gasteiger partial charge in [0.1, 0.15) is 11.5 Å². The summed E-state index contributed by atoms with van der Waals surface area (Å²) < 4.78 is 13.3. The van der Waals surface area contributed by atoms with E-state index in [4.69, 9.17) is 0 Å². The second kappa shape index (κ2) is 7.25. The quantitative estimate of drug-likeness (QED) is 0.802. The van der Waals surface area contributed by atoms with Crippen LogP contribution in [0.15, 0.2) is 30.5 Å². The number of aromatic nitrogens is 2. The zero-order chi connectivity index (χ0) is 19.0. The summed E-state index contributed by atoms with van der Waals surface area (Å²) in [5.74, 6) is 0.347. The molecule has 5 nitrogen and oxygen atoms in total. The molecule has 6 heteroatoms. The van der Waals surface area contributed by atoms with Crippen molar-refractivity contribution in [1.82, 2.24) is 14.9 Å². The van der Waals surface area contributed by atoms with Gasteiger partial charge in [0.25, 0.3) is 5.91 Å². The van der Waals surface area contributed by atoms with Gasteiger partial charge < -0.3 is 9.80 Å². The van der Waals surface area contributed by atoms with Gasteiger partial charge >= 0.3 is 0 Å². The number of benzene rings is 1. The first-order valence-corrected chi connectivity index (χ1v) is 9.71. The molecule has 0 atom stereocenters. The molecule has 1 fully saturated rings. The molecule has 0 unspecified atom stereocenters. The Balaban J connectivity index is 1.65. The van der Waals surface area contributed by atoms with E-state index in [0.717, 1.165) is 24.0 Å². The van der Waals surface area contributed by atoms with Crippen LogP contribution in [0.25, 0.3) is 0 Å². The fourth-order valence-corrected chi connectivity index (χ4v) is 4.01. The summed E-state index contributed by atoms with van der Waals surface area (Å²) >= 11 is 0. The number of amides is 1. The van der Waals surface area contributed by atoms with E-state index in [0.29, 0.717) is 30.8 Å². The van der Waals surface area contributed by atoms with E-state index in [-0.39, 0.29) is 17.8 Å². The van der Waals surface area contributed by atoms with E-state index in [2.05, 4.69) is 14.9 Å². The molecule has 1 aromatic carbocycles. The molecule has 1 aromatic heterocycles. The second-order valence-corrected chi connectivity index (χ2v) is 7.76. The Morgan fingerprint density at radius 1 is 1.22 bits per heavy atom. The normalized spacial score (nSPS) is 17.0. The molecule has 2 aliphatic rings. The molecule has 0 radical (unpaired) electrons. The standard InChI is InChI=1S/C21H25FN4O/c1-14(2)25-13-16-11-23-21(24-19(16)20(25)27)26(18-5-3-4-6-18)12-15-7-9-17(22)10-8-15/h7-11,14,18H,3-6,12-13H2,1-2H3. The molecule has 4 rings (SSSR count). The molecule has 1 aliphatic carbocycles. The zero-order valence-electron chi connectivity index (χ0n) is 15.9. The Morgan fingerprint density at radius 2 is 1.93 bits per heavy atom. The van der Waals surface area contributed by atoms with Crippen molar-refractivity contribution in [2.24, 2.45) is 0 Å². The molecule has 142 valence electrons. The SMILES string of the molecule is CC(C)N1Cc2cnc(N(Cc3ccc(F)cc3)C3CCCC3)nc2C1=O. The second-order valence-electron chi connectivity index (χ2n) is 7.76. The molecule has 1 amide bonds. The van der Waals surface area contributed by atoms with Crippen LogP contribution in [0, 0.1) is 5.82 Å². The smallest absolute Gasteiger partial charge is 0.273 e. The molecule has 0 bridgehead atoms. The van der Waals surface area contributed by atoms with E-state index in [1.165, 1.54) is 25.0 Å². The maximum Gasteiger partial charge on any atom is 0.273 e. The molecule has 0 N–H and O–H groups in total. The lowest BCUT2D eigenvalue weighted by Crippen LogP contribution is -2.35. The predicted octanol–water partition coefficient (Wildman–Crippen LogP) is 3.93. The minimum absolute atomic E-state index is 0.0168.